The molecule has 3 N–H and O–H groups in total. The molecule has 2 aromatic carbocycles. The van der Waals surface area contributed by atoms with Gasteiger partial charge in [0.15, 0.2) is 0 Å². The van der Waals surface area contributed by atoms with Crippen LogP contribution in [0.3, 0.4) is 0 Å². The van der Waals surface area contributed by atoms with Crippen LogP contribution in [0.5, 0.6) is 5.75 Å². The van der Waals surface area contributed by atoms with E-state index in [2.05, 4.69) is 10.6 Å². The number of phenols is 1. The number of para-hydroxylation sites is 1. The second-order valence-electron chi connectivity index (χ2n) is 4.62. The fourth-order valence-corrected chi connectivity index (χ4v) is 2.14. The second-order valence-corrected chi connectivity index (χ2v) is 5.05. The quantitative estimate of drug-likeness (QED) is 0.795. The largest absolute Gasteiger partial charge is 0.508 e. The van der Waals surface area contributed by atoms with Gasteiger partial charge in [0.25, 0.3) is 0 Å². The Labute approximate surface area is 128 Å². The molecule has 0 aromatic heterocycles. The fourth-order valence-electron chi connectivity index (χ4n) is 1.92. The van der Waals surface area contributed by atoms with Crippen molar-refractivity contribution < 1.29 is 9.90 Å². The predicted octanol–water partition coefficient (Wildman–Crippen LogP) is 3.09. The SMILES string of the molecule is O=C(NCCc1ccccc1O)NCc1cccc(Cl)c1. The molecule has 5 heteroatoms. The van der Waals surface area contributed by atoms with E-state index in [1.54, 1.807) is 18.2 Å². The molecule has 0 unspecified atom stereocenters. The summed E-state index contributed by atoms with van der Waals surface area (Å²) >= 11 is 5.87. The lowest BCUT2D eigenvalue weighted by Crippen LogP contribution is -2.36. The summed E-state index contributed by atoms with van der Waals surface area (Å²) in [7, 11) is 0. The van der Waals surface area contributed by atoms with Crippen LogP contribution in [0.1, 0.15) is 11.1 Å². The molecule has 0 saturated heterocycles. The summed E-state index contributed by atoms with van der Waals surface area (Å²) in [4.78, 5) is 11.7. The van der Waals surface area contributed by atoms with Gasteiger partial charge in [0.05, 0.1) is 0 Å². The summed E-state index contributed by atoms with van der Waals surface area (Å²) in [5, 5.41) is 15.8. The molecule has 110 valence electrons. The van der Waals surface area contributed by atoms with Crippen LogP contribution in [0.2, 0.25) is 5.02 Å². The van der Waals surface area contributed by atoms with Crippen molar-refractivity contribution in [2.75, 3.05) is 6.54 Å². The zero-order chi connectivity index (χ0) is 15.1. The summed E-state index contributed by atoms with van der Waals surface area (Å²) in [5.74, 6) is 0.249. The molecule has 0 radical (unpaired) electrons. The lowest BCUT2D eigenvalue weighted by Gasteiger charge is -2.08. The Morgan fingerprint density at radius 1 is 1.10 bits per heavy atom. The lowest BCUT2D eigenvalue weighted by molar-refractivity contribution is 0.240. The van der Waals surface area contributed by atoms with Gasteiger partial charge in [0.1, 0.15) is 5.75 Å². The normalized spacial score (nSPS) is 10.1. The van der Waals surface area contributed by atoms with Gasteiger partial charge in [-0.25, -0.2) is 4.79 Å². The molecule has 21 heavy (non-hydrogen) atoms. The molecule has 0 heterocycles. The molecule has 2 aromatic rings. The number of aromatic hydroxyl groups is 1. The first-order valence-electron chi connectivity index (χ1n) is 6.68. The summed E-state index contributed by atoms with van der Waals surface area (Å²) in [6.07, 6.45) is 0.581. The minimum atomic E-state index is -0.245. The van der Waals surface area contributed by atoms with E-state index in [-0.39, 0.29) is 11.8 Å². The predicted molar refractivity (Wildman–Crippen MR) is 83.5 cm³/mol. The molecule has 0 saturated carbocycles. The molecular formula is C16H17ClN2O2. The van der Waals surface area contributed by atoms with E-state index in [1.807, 2.05) is 30.3 Å². The number of amides is 2. The second kappa shape index (κ2) is 7.55. The van der Waals surface area contributed by atoms with E-state index < -0.39 is 0 Å². The monoisotopic (exact) mass is 304 g/mol. The van der Waals surface area contributed by atoms with Gasteiger partial charge in [-0.2, -0.15) is 0 Å². The Morgan fingerprint density at radius 2 is 1.90 bits per heavy atom. The Kier molecular flexibility index (Phi) is 5.46. The number of nitrogens with one attached hydrogen (secondary N) is 2. The van der Waals surface area contributed by atoms with Gasteiger partial charge in [0, 0.05) is 18.1 Å². The standard InChI is InChI=1S/C16H17ClN2O2/c17-14-6-3-4-12(10-14)11-19-16(21)18-9-8-13-5-1-2-7-15(13)20/h1-7,10,20H,8-9,11H2,(H2,18,19,21). The highest BCUT2D eigenvalue weighted by Gasteiger charge is 2.03. The van der Waals surface area contributed by atoms with Crippen molar-refractivity contribution in [2.45, 2.75) is 13.0 Å². The van der Waals surface area contributed by atoms with Crippen molar-refractivity contribution in [3.05, 3.63) is 64.7 Å². The number of carbonyl (C=O) groups excluding carboxylic acids is 1. The van der Waals surface area contributed by atoms with E-state index in [1.165, 1.54) is 0 Å². The third-order valence-corrected chi connectivity index (χ3v) is 3.25. The Balaban J connectivity index is 1.72. The van der Waals surface area contributed by atoms with Crippen LogP contribution in [-0.4, -0.2) is 17.7 Å². The number of halogens is 1. The van der Waals surface area contributed by atoms with E-state index >= 15 is 0 Å². The molecule has 0 fully saturated rings. The maximum absolute atomic E-state index is 11.7. The molecule has 2 rings (SSSR count). The first kappa shape index (κ1) is 15.2. The number of hydrogen-bond donors (Lipinski definition) is 3. The van der Waals surface area contributed by atoms with Gasteiger partial charge in [0.2, 0.25) is 0 Å². The van der Waals surface area contributed by atoms with Crippen LogP contribution in [0.4, 0.5) is 4.79 Å². The van der Waals surface area contributed by atoms with Crippen molar-refractivity contribution in [2.24, 2.45) is 0 Å². The van der Waals surface area contributed by atoms with Crippen molar-refractivity contribution in [3.8, 4) is 5.75 Å². The number of hydrogen-bond acceptors (Lipinski definition) is 2. The minimum absolute atomic E-state index is 0.245. The number of carbonyl (C=O) groups is 1. The molecule has 0 aliphatic rings. The van der Waals surface area contributed by atoms with Crippen molar-refractivity contribution in [1.29, 1.82) is 0 Å². The zero-order valence-electron chi connectivity index (χ0n) is 11.5. The van der Waals surface area contributed by atoms with Gasteiger partial charge in [-0.3, -0.25) is 0 Å². The highest BCUT2D eigenvalue weighted by atomic mass is 35.5. The highest BCUT2D eigenvalue weighted by molar-refractivity contribution is 6.30. The summed E-state index contributed by atoms with van der Waals surface area (Å²) in [5.41, 5.74) is 1.76. The number of rotatable bonds is 5. The molecule has 0 bridgehead atoms. The first-order chi connectivity index (χ1) is 10.1. The van der Waals surface area contributed by atoms with Crippen LogP contribution in [0, 0.1) is 0 Å². The van der Waals surface area contributed by atoms with Gasteiger partial charge >= 0.3 is 6.03 Å². The number of benzene rings is 2. The average Bonchev–Trinajstić information content (AvgIpc) is 2.47. The maximum Gasteiger partial charge on any atom is 0.315 e. The van der Waals surface area contributed by atoms with E-state index in [9.17, 15) is 9.90 Å². The van der Waals surface area contributed by atoms with Crippen LogP contribution < -0.4 is 10.6 Å². The lowest BCUT2D eigenvalue weighted by atomic mass is 10.1. The molecule has 0 aliphatic heterocycles. The maximum atomic E-state index is 11.7. The van der Waals surface area contributed by atoms with Gasteiger partial charge in [-0.05, 0) is 35.7 Å². The van der Waals surface area contributed by atoms with Gasteiger partial charge in [-0.1, -0.05) is 41.9 Å². The Hall–Kier alpha value is -2.20. The smallest absolute Gasteiger partial charge is 0.315 e. The highest BCUT2D eigenvalue weighted by Crippen LogP contribution is 2.15. The molecule has 0 aliphatic carbocycles. The summed E-state index contributed by atoms with van der Waals surface area (Å²) in [6.45, 7) is 0.877. The molecule has 0 spiro atoms. The molecule has 0 atom stereocenters. The van der Waals surface area contributed by atoms with Crippen LogP contribution >= 0.6 is 11.6 Å². The zero-order valence-corrected chi connectivity index (χ0v) is 12.2. The van der Waals surface area contributed by atoms with Crippen LogP contribution in [-0.2, 0) is 13.0 Å². The number of urea groups is 1. The van der Waals surface area contributed by atoms with E-state index in [4.69, 9.17) is 11.6 Å². The van der Waals surface area contributed by atoms with Crippen LogP contribution in [0.25, 0.3) is 0 Å². The molecule has 2 amide bonds. The van der Waals surface area contributed by atoms with E-state index in [0.29, 0.717) is 24.5 Å². The average molecular weight is 305 g/mol. The minimum Gasteiger partial charge on any atom is -0.508 e. The summed E-state index contributed by atoms with van der Waals surface area (Å²) in [6, 6.07) is 14.2. The summed E-state index contributed by atoms with van der Waals surface area (Å²) < 4.78 is 0. The van der Waals surface area contributed by atoms with E-state index in [0.717, 1.165) is 11.1 Å². The third-order valence-electron chi connectivity index (χ3n) is 3.01. The topological polar surface area (TPSA) is 61.4 Å². The van der Waals surface area contributed by atoms with Crippen molar-refractivity contribution >= 4 is 17.6 Å². The van der Waals surface area contributed by atoms with Gasteiger partial charge in [-0.15, -0.1) is 0 Å². The van der Waals surface area contributed by atoms with Crippen molar-refractivity contribution in [1.82, 2.24) is 10.6 Å². The fraction of sp³-hybridized carbons (Fsp3) is 0.188. The van der Waals surface area contributed by atoms with Crippen molar-refractivity contribution in [3.63, 3.8) is 0 Å². The molecular weight excluding hydrogens is 288 g/mol. The third kappa shape index (κ3) is 5.00. The number of phenolic OH excluding ortho intramolecular Hbond substituents is 1. The van der Waals surface area contributed by atoms with Crippen LogP contribution in [0.15, 0.2) is 48.5 Å². The Morgan fingerprint density at radius 3 is 2.67 bits per heavy atom. The first-order valence-corrected chi connectivity index (χ1v) is 7.06. The molecule has 4 nitrogen and oxygen atoms in total. The van der Waals surface area contributed by atoms with Gasteiger partial charge < -0.3 is 15.7 Å². The Bertz CT molecular complexity index is 617.